The number of hydrogen-bond acceptors (Lipinski definition) is 6. The molecule has 0 N–H and O–H groups in total. The molecule has 7 nitrogen and oxygen atoms in total. The maximum Gasteiger partial charge on any atom is 0.228 e. The lowest BCUT2D eigenvalue weighted by molar-refractivity contribution is -0.145. The molecule has 0 unspecified atom stereocenters. The summed E-state index contributed by atoms with van der Waals surface area (Å²) in [6.45, 7) is 7.78. The quantitative estimate of drug-likeness (QED) is 0.408. The Morgan fingerprint density at radius 3 is 2.58 bits per heavy atom. The summed E-state index contributed by atoms with van der Waals surface area (Å²) in [5.41, 5.74) is 5.44. The monoisotopic (exact) mass is 545 g/mol. The molecular weight excluding hydrogens is 502 g/mol. The van der Waals surface area contributed by atoms with Crippen LogP contribution in [-0.2, 0) is 24.2 Å². The summed E-state index contributed by atoms with van der Waals surface area (Å²) in [6.07, 6.45) is 6.61. The number of carbonyl (C=O) groups excluding carboxylic acids is 1. The Balaban J connectivity index is 1.25. The molecule has 0 radical (unpaired) electrons. The molecule has 0 aliphatic carbocycles. The first kappa shape index (κ1) is 28.2. The number of para-hydroxylation sites is 1. The van der Waals surface area contributed by atoms with E-state index in [-0.39, 0.29) is 11.3 Å². The smallest absolute Gasteiger partial charge is 0.228 e. The van der Waals surface area contributed by atoms with Crippen LogP contribution < -0.4 is 9.47 Å². The second-order valence-corrected chi connectivity index (χ2v) is 11.6. The molecule has 2 aliphatic rings. The first-order chi connectivity index (χ1) is 19.4. The molecular formula is C33H43N3O4. The number of hydrogen-bond donors (Lipinski definition) is 0. The van der Waals surface area contributed by atoms with E-state index in [4.69, 9.17) is 14.0 Å². The highest BCUT2D eigenvalue weighted by Crippen LogP contribution is 2.39. The zero-order chi connectivity index (χ0) is 28.1. The number of methoxy groups -OCH3 is 1. The number of aromatic nitrogens is 1. The molecule has 0 bridgehead atoms. The van der Waals surface area contributed by atoms with Gasteiger partial charge in [-0.25, -0.2) is 0 Å². The maximum atomic E-state index is 13.8. The molecule has 40 heavy (non-hydrogen) atoms. The summed E-state index contributed by atoms with van der Waals surface area (Å²) in [5.74, 6) is 2.99. The lowest BCUT2D eigenvalue weighted by atomic mass is 9.73. The van der Waals surface area contributed by atoms with Crippen molar-refractivity contribution < 1.29 is 18.8 Å². The lowest BCUT2D eigenvalue weighted by Crippen LogP contribution is -2.50. The summed E-state index contributed by atoms with van der Waals surface area (Å²) in [7, 11) is 3.66. The van der Waals surface area contributed by atoms with Gasteiger partial charge >= 0.3 is 0 Å². The minimum atomic E-state index is -0.279. The third-order valence-corrected chi connectivity index (χ3v) is 8.92. The van der Waals surface area contributed by atoms with Crippen LogP contribution in [0.4, 0.5) is 0 Å². The molecule has 1 spiro atoms. The number of aryl methyl sites for hydroxylation is 3. The molecule has 1 saturated heterocycles. The van der Waals surface area contributed by atoms with Gasteiger partial charge in [-0.05, 0) is 87.9 Å². The van der Waals surface area contributed by atoms with E-state index in [1.807, 2.05) is 37.9 Å². The van der Waals surface area contributed by atoms with Gasteiger partial charge in [0.2, 0.25) is 5.91 Å². The predicted molar refractivity (Wildman–Crippen MR) is 156 cm³/mol. The minimum Gasteiger partial charge on any atom is -0.496 e. The van der Waals surface area contributed by atoms with E-state index in [0.29, 0.717) is 13.2 Å². The highest BCUT2D eigenvalue weighted by molar-refractivity contribution is 5.82. The summed E-state index contributed by atoms with van der Waals surface area (Å²) in [5, 5.41) is 4.12. The molecule has 0 atom stereocenters. The normalized spacial score (nSPS) is 18.5. The van der Waals surface area contributed by atoms with Crippen LogP contribution in [0.15, 0.2) is 47.0 Å². The molecule has 1 amide bonds. The van der Waals surface area contributed by atoms with E-state index in [2.05, 4.69) is 40.4 Å². The summed E-state index contributed by atoms with van der Waals surface area (Å²) in [4.78, 5) is 18.2. The van der Waals surface area contributed by atoms with Gasteiger partial charge in [0, 0.05) is 25.6 Å². The van der Waals surface area contributed by atoms with E-state index in [1.54, 1.807) is 7.11 Å². The van der Waals surface area contributed by atoms with Crippen LogP contribution in [0.25, 0.3) is 0 Å². The van der Waals surface area contributed by atoms with E-state index in [0.717, 1.165) is 98.7 Å². The molecule has 2 aliphatic heterocycles. The van der Waals surface area contributed by atoms with E-state index in [9.17, 15) is 4.79 Å². The molecule has 0 saturated carbocycles. The van der Waals surface area contributed by atoms with Crippen molar-refractivity contribution in [2.45, 2.75) is 65.3 Å². The van der Waals surface area contributed by atoms with Gasteiger partial charge in [-0.1, -0.05) is 41.9 Å². The van der Waals surface area contributed by atoms with E-state index in [1.165, 1.54) is 11.1 Å². The van der Waals surface area contributed by atoms with Gasteiger partial charge < -0.3 is 18.9 Å². The number of nitrogens with zero attached hydrogens (tertiary/aromatic N) is 3. The minimum absolute atomic E-state index is 0.279. The number of carbonyl (C=O) groups is 1. The second-order valence-electron chi connectivity index (χ2n) is 11.6. The Morgan fingerprint density at radius 1 is 1.02 bits per heavy atom. The highest BCUT2D eigenvalue weighted by atomic mass is 16.5. The topological polar surface area (TPSA) is 68.0 Å². The summed E-state index contributed by atoms with van der Waals surface area (Å²) in [6, 6.07) is 14.8. The predicted octanol–water partition coefficient (Wildman–Crippen LogP) is 5.74. The SMILES string of the molecule is COc1ccc(CN2CCC3(CCCCc4ccccc4OCCN(C)C3=O)CC2)cc1Cc1c(C)noc1C. The van der Waals surface area contributed by atoms with Gasteiger partial charge in [-0.3, -0.25) is 9.69 Å². The third-order valence-electron chi connectivity index (χ3n) is 8.92. The van der Waals surface area contributed by atoms with Gasteiger partial charge in [-0.2, -0.15) is 0 Å². The first-order valence-electron chi connectivity index (χ1n) is 14.6. The number of fused-ring (bicyclic) bond motifs is 1. The Morgan fingerprint density at radius 2 is 1.82 bits per heavy atom. The van der Waals surface area contributed by atoms with Crippen molar-refractivity contribution in [2.24, 2.45) is 5.41 Å². The number of piperidine rings is 1. The van der Waals surface area contributed by atoms with Gasteiger partial charge in [0.25, 0.3) is 0 Å². The standard InChI is InChI=1S/C33H43N3O4/c1-24-29(25(2)40-34-24)22-28-21-26(12-13-30(28)38-4)23-36-17-15-33(16-18-36)14-8-7-10-27-9-5-6-11-31(27)39-20-19-35(3)32(33)37/h5-6,9,11-13,21H,7-8,10,14-20,22-23H2,1-4H3. The molecule has 214 valence electrons. The number of ether oxygens (including phenoxy) is 2. The molecule has 3 aromatic rings. The largest absolute Gasteiger partial charge is 0.496 e. The first-order valence-corrected chi connectivity index (χ1v) is 14.6. The number of benzene rings is 2. The number of likely N-dealkylation sites (N-methyl/N-ethyl adjacent to an activating group) is 1. The summed E-state index contributed by atoms with van der Waals surface area (Å²) >= 11 is 0. The molecule has 1 fully saturated rings. The van der Waals surface area contributed by atoms with Gasteiger partial charge in [-0.15, -0.1) is 0 Å². The van der Waals surface area contributed by atoms with Crippen molar-refractivity contribution in [3.8, 4) is 11.5 Å². The fourth-order valence-electron chi connectivity index (χ4n) is 6.41. The fourth-order valence-corrected chi connectivity index (χ4v) is 6.41. The molecule has 7 heteroatoms. The van der Waals surface area contributed by atoms with Crippen molar-refractivity contribution >= 4 is 5.91 Å². The highest BCUT2D eigenvalue weighted by Gasteiger charge is 2.42. The van der Waals surface area contributed by atoms with Crippen LogP contribution in [0.2, 0.25) is 0 Å². The fraction of sp³-hybridized carbons (Fsp3) is 0.515. The van der Waals surface area contributed by atoms with Crippen molar-refractivity contribution in [3.63, 3.8) is 0 Å². The molecule has 1 aromatic heterocycles. The van der Waals surface area contributed by atoms with E-state index < -0.39 is 0 Å². The van der Waals surface area contributed by atoms with Crippen molar-refractivity contribution in [1.82, 2.24) is 15.0 Å². The number of likely N-dealkylation sites (tertiary alicyclic amines) is 1. The van der Waals surface area contributed by atoms with Crippen LogP contribution >= 0.6 is 0 Å². The van der Waals surface area contributed by atoms with Crippen LogP contribution in [0.1, 0.15) is 65.8 Å². The Hall–Kier alpha value is -3.32. The molecule has 3 heterocycles. The lowest BCUT2D eigenvalue weighted by Gasteiger charge is -2.43. The zero-order valence-corrected chi connectivity index (χ0v) is 24.5. The third kappa shape index (κ3) is 6.20. The van der Waals surface area contributed by atoms with Crippen molar-refractivity contribution in [3.05, 3.63) is 76.2 Å². The average Bonchev–Trinajstić information content (AvgIpc) is 3.28. The Kier molecular flexibility index (Phi) is 8.79. The summed E-state index contributed by atoms with van der Waals surface area (Å²) < 4.78 is 17.2. The van der Waals surface area contributed by atoms with Gasteiger partial charge in [0.1, 0.15) is 23.9 Å². The van der Waals surface area contributed by atoms with Gasteiger partial charge in [0.15, 0.2) is 0 Å². The number of rotatable bonds is 5. The van der Waals surface area contributed by atoms with Crippen LogP contribution in [0.5, 0.6) is 11.5 Å². The molecule has 2 aromatic carbocycles. The van der Waals surface area contributed by atoms with Gasteiger partial charge in [0.05, 0.1) is 24.8 Å². The van der Waals surface area contributed by atoms with Crippen molar-refractivity contribution in [1.29, 1.82) is 0 Å². The Labute approximate surface area is 238 Å². The number of amides is 1. The average molecular weight is 546 g/mol. The Bertz CT molecular complexity index is 1290. The van der Waals surface area contributed by atoms with Crippen LogP contribution in [0.3, 0.4) is 0 Å². The molecule has 5 rings (SSSR count). The second kappa shape index (κ2) is 12.5. The van der Waals surface area contributed by atoms with E-state index >= 15 is 0 Å². The zero-order valence-electron chi connectivity index (χ0n) is 24.5. The van der Waals surface area contributed by atoms with Crippen LogP contribution in [-0.4, -0.2) is 61.3 Å². The van der Waals surface area contributed by atoms with Crippen molar-refractivity contribution in [2.75, 3.05) is 40.4 Å². The van der Waals surface area contributed by atoms with Crippen LogP contribution in [0, 0.1) is 19.3 Å². The maximum absolute atomic E-state index is 13.8.